The fraction of sp³-hybridized carbons (Fsp3) is 0.435. The summed E-state index contributed by atoms with van der Waals surface area (Å²) in [5.74, 6) is 1.57. The van der Waals surface area contributed by atoms with Gasteiger partial charge in [-0.05, 0) is 61.6 Å². The number of nitrogens with one attached hydrogen (secondary N) is 1. The number of piperidine rings is 1. The number of methoxy groups -OCH3 is 1. The topological polar surface area (TPSA) is 60.0 Å². The summed E-state index contributed by atoms with van der Waals surface area (Å²) in [4.78, 5) is 14.7. The number of ether oxygens (including phenoxy) is 3. The minimum Gasteiger partial charge on any atom is -0.497 e. The number of urea groups is 1. The van der Waals surface area contributed by atoms with Crippen molar-refractivity contribution in [2.24, 2.45) is 0 Å². The van der Waals surface area contributed by atoms with Gasteiger partial charge in [0.25, 0.3) is 0 Å². The van der Waals surface area contributed by atoms with E-state index in [0.717, 1.165) is 25.0 Å². The fourth-order valence-electron chi connectivity index (χ4n) is 4.31. The highest BCUT2D eigenvalue weighted by Crippen LogP contribution is 2.42. The van der Waals surface area contributed by atoms with Crippen LogP contribution in [-0.4, -0.2) is 44.3 Å². The predicted molar refractivity (Wildman–Crippen MR) is 112 cm³/mol. The van der Waals surface area contributed by atoms with Gasteiger partial charge in [-0.3, -0.25) is 0 Å². The third-order valence-corrected chi connectivity index (χ3v) is 5.84. The van der Waals surface area contributed by atoms with Crippen molar-refractivity contribution in [3.63, 3.8) is 0 Å². The second-order valence-electron chi connectivity index (χ2n) is 7.46. The minimum absolute atomic E-state index is 0.0993. The van der Waals surface area contributed by atoms with Crippen LogP contribution in [-0.2, 0) is 16.8 Å². The Morgan fingerprint density at radius 1 is 1.21 bits per heavy atom. The van der Waals surface area contributed by atoms with Gasteiger partial charge in [0.15, 0.2) is 0 Å². The first kappa shape index (κ1) is 19.6. The molecule has 1 fully saturated rings. The molecule has 0 saturated carbocycles. The molecule has 2 heterocycles. The zero-order valence-corrected chi connectivity index (χ0v) is 17.1. The minimum atomic E-state index is -0.306. The molecule has 2 aliphatic heterocycles. The maximum absolute atomic E-state index is 12.8. The third kappa shape index (κ3) is 3.90. The zero-order valence-electron chi connectivity index (χ0n) is 17.1. The van der Waals surface area contributed by atoms with Crippen LogP contribution in [0.1, 0.15) is 30.9 Å². The van der Waals surface area contributed by atoms with Crippen LogP contribution in [0.4, 0.5) is 10.5 Å². The van der Waals surface area contributed by atoms with E-state index in [0.29, 0.717) is 37.7 Å². The van der Waals surface area contributed by atoms with Crippen molar-refractivity contribution < 1.29 is 19.0 Å². The highest BCUT2D eigenvalue weighted by Gasteiger charge is 2.41. The Bertz CT molecular complexity index is 875. The molecule has 154 valence electrons. The van der Waals surface area contributed by atoms with Crippen LogP contribution in [0.25, 0.3) is 0 Å². The van der Waals surface area contributed by atoms with Crippen molar-refractivity contribution in [3.05, 3.63) is 53.6 Å². The Balaban J connectivity index is 1.45. The second-order valence-corrected chi connectivity index (χ2v) is 7.46. The molecular formula is C23H28N2O4. The summed E-state index contributed by atoms with van der Waals surface area (Å²) in [5, 5.41) is 3.00. The first-order chi connectivity index (χ1) is 14.1. The van der Waals surface area contributed by atoms with Crippen LogP contribution in [0.3, 0.4) is 0 Å². The number of hydrogen-bond donors (Lipinski definition) is 1. The quantitative estimate of drug-likeness (QED) is 0.842. The van der Waals surface area contributed by atoms with Gasteiger partial charge in [-0.15, -0.1) is 0 Å². The predicted octanol–water partition coefficient (Wildman–Crippen LogP) is 4.19. The molecule has 1 N–H and O–H groups in total. The van der Waals surface area contributed by atoms with Crippen molar-refractivity contribution in [1.29, 1.82) is 0 Å². The van der Waals surface area contributed by atoms with Crippen molar-refractivity contribution in [2.45, 2.75) is 31.8 Å². The lowest BCUT2D eigenvalue weighted by molar-refractivity contribution is -0.0921. The molecule has 1 spiro atoms. The normalized spacial score (nSPS) is 17.5. The molecule has 29 heavy (non-hydrogen) atoms. The number of fused-ring (bicyclic) bond motifs is 2. The van der Waals surface area contributed by atoms with Crippen LogP contribution in [0.2, 0.25) is 0 Å². The number of carbonyl (C=O) groups is 1. The van der Waals surface area contributed by atoms with E-state index in [9.17, 15) is 4.79 Å². The van der Waals surface area contributed by atoms with Crippen molar-refractivity contribution in [3.8, 4) is 11.5 Å². The van der Waals surface area contributed by atoms with Crippen LogP contribution in [0, 0.1) is 0 Å². The van der Waals surface area contributed by atoms with E-state index >= 15 is 0 Å². The molecule has 6 heteroatoms. The van der Waals surface area contributed by atoms with Crippen LogP contribution in [0.15, 0.2) is 42.5 Å². The van der Waals surface area contributed by atoms with E-state index in [-0.39, 0.29) is 11.6 Å². The Labute approximate surface area is 171 Å². The first-order valence-electron chi connectivity index (χ1n) is 10.2. The van der Waals surface area contributed by atoms with E-state index in [1.54, 1.807) is 7.11 Å². The van der Waals surface area contributed by atoms with Crippen LogP contribution in [0.5, 0.6) is 11.5 Å². The zero-order chi connectivity index (χ0) is 20.3. The summed E-state index contributed by atoms with van der Waals surface area (Å²) in [5.41, 5.74) is 2.93. The molecule has 4 rings (SSSR count). The third-order valence-electron chi connectivity index (χ3n) is 5.84. The largest absolute Gasteiger partial charge is 0.497 e. The molecule has 0 unspecified atom stereocenters. The number of benzene rings is 2. The van der Waals surface area contributed by atoms with Crippen molar-refractivity contribution in [2.75, 3.05) is 38.7 Å². The number of anilines is 1. The maximum atomic E-state index is 12.8. The number of carbonyl (C=O) groups excluding carboxylic acids is 1. The van der Waals surface area contributed by atoms with Gasteiger partial charge in [0.05, 0.1) is 31.6 Å². The highest BCUT2D eigenvalue weighted by molar-refractivity contribution is 5.91. The van der Waals surface area contributed by atoms with Gasteiger partial charge in [0.2, 0.25) is 0 Å². The number of rotatable bonds is 4. The smallest absolute Gasteiger partial charge is 0.321 e. The molecule has 2 aromatic rings. The molecule has 0 radical (unpaired) electrons. The lowest BCUT2D eigenvalue weighted by Crippen LogP contribution is -2.49. The van der Waals surface area contributed by atoms with Gasteiger partial charge in [0.1, 0.15) is 11.5 Å². The lowest BCUT2D eigenvalue weighted by Gasteiger charge is -2.45. The van der Waals surface area contributed by atoms with E-state index in [2.05, 4.69) is 17.4 Å². The first-order valence-corrected chi connectivity index (χ1v) is 10.2. The maximum Gasteiger partial charge on any atom is 0.321 e. The monoisotopic (exact) mass is 396 g/mol. The Kier molecular flexibility index (Phi) is 5.62. The number of para-hydroxylation sites is 2. The molecule has 2 aromatic carbocycles. The summed E-state index contributed by atoms with van der Waals surface area (Å²) in [6, 6.07) is 13.7. The SMILES string of the molecule is CCOc1ccccc1NC(=O)N1CCC2(CC1)OCCc1cc(OC)ccc12. The van der Waals surface area contributed by atoms with Crippen molar-refractivity contribution >= 4 is 11.7 Å². The molecule has 0 aromatic heterocycles. The number of hydrogen-bond acceptors (Lipinski definition) is 4. The van der Waals surface area contributed by atoms with Gasteiger partial charge in [-0.25, -0.2) is 4.79 Å². The summed E-state index contributed by atoms with van der Waals surface area (Å²) in [7, 11) is 1.69. The second kappa shape index (κ2) is 8.33. The van der Waals surface area contributed by atoms with E-state index < -0.39 is 0 Å². The van der Waals surface area contributed by atoms with Gasteiger partial charge >= 0.3 is 6.03 Å². The van der Waals surface area contributed by atoms with E-state index in [1.807, 2.05) is 42.2 Å². The molecule has 1 saturated heterocycles. The highest BCUT2D eigenvalue weighted by atomic mass is 16.5. The van der Waals surface area contributed by atoms with Gasteiger partial charge in [-0.1, -0.05) is 18.2 Å². The average molecular weight is 396 g/mol. The Hall–Kier alpha value is -2.73. The Morgan fingerprint density at radius 3 is 2.76 bits per heavy atom. The molecule has 2 amide bonds. The van der Waals surface area contributed by atoms with Gasteiger partial charge in [-0.2, -0.15) is 0 Å². The molecule has 0 aliphatic carbocycles. The Morgan fingerprint density at radius 2 is 2.00 bits per heavy atom. The fourth-order valence-corrected chi connectivity index (χ4v) is 4.31. The molecule has 0 atom stereocenters. The number of amides is 2. The molecule has 6 nitrogen and oxygen atoms in total. The van der Waals surface area contributed by atoms with Gasteiger partial charge in [0, 0.05) is 13.1 Å². The van der Waals surface area contributed by atoms with E-state index in [1.165, 1.54) is 11.1 Å². The summed E-state index contributed by atoms with van der Waals surface area (Å²) < 4.78 is 17.3. The van der Waals surface area contributed by atoms with Crippen LogP contribution < -0.4 is 14.8 Å². The summed E-state index contributed by atoms with van der Waals surface area (Å²) in [6.45, 7) is 4.48. The van der Waals surface area contributed by atoms with Crippen LogP contribution >= 0.6 is 0 Å². The molecule has 0 bridgehead atoms. The summed E-state index contributed by atoms with van der Waals surface area (Å²) in [6.07, 6.45) is 2.46. The number of nitrogens with zero attached hydrogens (tertiary/aromatic N) is 1. The standard InChI is InChI=1S/C23H28N2O4/c1-3-28-21-7-5-4-6-20(21)24-22(26)25-13-11-23(12-14-25)19-9-8-18(27-2)16-17(19)10-15-29-23/h4-9,16H,3,10-15H2,1-2H3,(H,24,26). The lowest BCUT2D eigenvalue weighted by atomic mass is 9.79. The van der Waals surface area contributed by atoms with E-state index in [4.69, 9.17) is 14.2 Å². The average Bonchev–Trinajstić information content (AvgIpc) is 2.75. The number of likely N-dealkylation sites (tertiary alicyclic amines) is 1. The summed E-state index contributed by atoms with van der Waals surface area (Å²) >= 11 is 0. The molecular weight excluding hydrogens is 368 g/mol. The van der Waals surface area contributed by atoms with Gasteiger partial charge < -0.3 is 24.4 Å². The van der Waals surface area contributed by atoms with Crippen molar-refractivity contribution in [1.82, 2.24) is 4.90 Å². The molecule has 2 aliphatic rings.